The SMILES string of the molecule is CN1CCCC2(CCC(=O)O2)CC1. The summed E-state index contributed by atoms with van der Waals surface area (Å²) in [5, 5.41) is 0. The second-order valence-electron chi connectivity index (χ2n) is 4.31. The molecular formula is C10H17NO2. The fraction of sp³-hybridized carbons (Fsp3) is 0.900. The summed E-state index contributed by atoms with van der Waals surface area (Å²) in [5.41, 5.74) is -0.0815. The first-order chi connectivity index (χ1) is 6.20. The lowest BCUT2D eigenvalue weighted by molar-refractivity contribution is -0.149. The third-order valence-electron chi connectivity index (χ3n) is 3.24. The monoisotopic (exact) mass is 183 g/mol. The predicted octanol–water partition coefficient (Wildman–Crippen LogP) is 1.18. The highest BCUT2D eigenvalue weighted by Crippen LogP contribution is 2.35. The van der Waals surface area contributed by atoms with E-state index in [1.165, 1.54) is 0 Å². The molecule has 0 amide bonds. The van der Waals surface area contributed by atoms with Crippen LogP contribution in [0.5, 0.6) is 0 Å². The number of carbonyl (C=O) groups is 1. The van der Waals surface area contributed by atoms with Gasteiger partial charge >= 0.3 is 5.97 Å². The summed E-state index contributed by atoms with van der Waals surface area (Å²) in [4.78, 5) is 13.4. The fourth-order valence-corrected chi connectivity index (χ4v) is 2.33. The molecule has 3 nitrogen and oxygen atoms in total. The van der Waals surface area contributed by atoms with Crippen LogP contribution in [0.4, 0.5) is 0 Å². The molecule has 2 saturated heterocycles. The van der Waals surface area contributed by atoms with Crippen LogP contribution in [0.15, 0.2) is 0 Å². The van der Waals surface area contributed by atoms with Crippen molar-refractivity contribution in [3.05, 3.63) is 0 Å². The lowest BCUT2D eigenvalue weighted by Crippen LogP contribution is -2.29. The second-order valence-corrected chi connectivity index (χ2v) is 4.31. The zero-order valence-corrected chi connectivity index (χ0v) is 8.21. The first kappa shape index (κ1) is 9.00. The molecule has 1 atom stereocenters. The maximum atomic E-state index is 11.1. The topological polar surface area (TPSA) is 29.5 Å². The molecule has 0 saturated carbocycles. The molecule has 2 heterocycles. The van der Waals surface area contributed by atoms with E-state index in [1.54, 1.807) is 0 Å². The zero-order chi connectivity index (χ0) is 9.31. The summed E-state index contributed by atoms with van der Waals surface area (Å²) in [5.74, 6) is 0.00422. The van der Waals surface area contributed by atoms with Crippen LogP contribution in [0.1, 0.15) is 32.1 Å². The Balaban J connectivity index is 2.02. The Kier molecular flexibility index (Phi) is 2.28. The first-order valence-electron chi connectivity index (χ1n) is 5.11. The average molecular weight is 183 g/mol. The van der Waals surface area contributed by atoms with E-state index in [0.29, 0.717) is 6.42 Å². The first-order valence-corrected chi connectivity index (χ1v) is 5.11. The van der Waals surface area contributed by atoms with Crippen molar-refractivity contribution in [2.45, 2.75) is 37.7 Å². The van der Waals surface area contributed by atoms with Crippen LogP contribution in [0.2, 0.25) is 0 Å². The standard InChI is InChI=1S/C10H17NO2/c1-11-7-2-4-10(6-8-11)5-3-9(12)13-10/h2-8H2,1H3. The Hall–Kier alpha value is -0.570. The molecule has 13 heavy (non-hydrogen) atoms. The third-order valence-corrected chi connectivity index (χ3v) is 3.24. The molecule has 0 bridgehead atoms. The second kappa shape index (κ2) is 3.29. The van der Waals surface area contributed by atoms with Gasteiger partial charge in [-0.3, -0.25) is 4.79 Å². The smallest absolute Gasteiger partial charge is 0.306 e. The van der Waals surface area contributed by atoms with Gasteiger partial charge in [0.15, 0.2) is 0 Å². The lowest BCUT2D eigenvalue weighted by atomic mass is 9.92. The highest BCUT2D eigenvalue weighted by Gasteiger charge is 2.40. The minimum Gasteiger partial charge on any atom is -0.459 e. The number of likely N-dealkylation sites (tertiary alicyclic amines) is 1. The molecule has 0 radical (unpaired) electrons. The van der Waals surface area contributed by atoms with Crippen molar-refractivity contribution in [3.63, 3.8) is 0 Å². The number of carbonyl (C=O) groups excluding carboxylic acids is 1. The van der Waals surface area contributed by atoms with E-state index in [9.17, 15) is 4.79 Å². The van der Waals surface area contributed by atoms with Crippen LogP contribution in [-0.2, 0) is 9.53 Å². The van der Waals surface area contributed by atoms with Gasteiger partial charge in [-0.15, -0.1) is 0 Å². The minimum atomic E-state index is -0.0815. The molecule has 0 aromatic carbocycles. The van der Waals surface area contributed by atoms with E-state index in [1.807, 2.05) is 0 Å². The molecule has 1 unspecified atom stereocenters. The van der Waals surface area contributed by atoms with Crippen LogP contribution in [0.3, 0.4) is 0 Å². The van der Waals surface area contributed by atoms with Crippen LogP contribution in [0.25, 0.3) is 0 Å². The Morgan fingerprint density at radius 2 is 2.15 bits per heavy atom. The van der Waals surface area contributed by atoms with Crippen molar-refractivity contribution in [1.29, 1.82) is 0 Å². The number of esters is 1. The molecule has 1 spiro atoms. The minimum absolute atomic E-state index is 0.00422. The van der Waals surface area contributed by atoms with Gasteiger partial charge in [-0.05, 0) is 39.3 Å². The Labute approximate surface area is 79.0 Å². The van der Waals surface area contributed by atoms with Crippen molar-refractivity contribution in [2.75, 3.05) is 20.1 Å². The summed E-state index contributed by atoms with van der Waals surface area (Å²) in [6, 6.07) is 0. The van der Waals surface area contributed by atoms with Crippen molar-refractivity contribution < 1.29 is 9.53 Å². The molecule has 2 aliphatic rings. The molecule has 0 aromatic heterocycles. The largest absolute Gasteiger partial charge is 0.459 e. The molecule has 74 valence electrons. The molecule has 2 rings (SSSR count). The summed E-state index contributed by atoms with van der Waals surface area (Å²) in [7, 11) is 2.13. The molecule has 0 N–H and O–H groups in total. The van der Waals surface area contributed by atoms with E-state index < -0.39 is 0 Å². The molecule has 0 aromatic rings. The highest BCUT2D eigenvalue weighted by atomic mass is 16.6. The highest BCUT2D eigenvalue weighted by molar-refractivity contribution is 5.72. The van der Waals surface area contributed by atoms with E-state index >= 15 is 0 Å². The van der Waals surface area contributed by atoms with E-state index in [0.717, 1.165) is 38.8 Å². The summed E-state index contributed by atoms with van der Waals surface area (Å²) < 4.78 is 5.45. The Morgan fingerprint density at radius 1 is 1.31 bits per heavy atom. The van der Waals surface area contributed by atoms with Gasteiger partial charge in [-0.2, -0.15) is 0 Å². The van der Waals surface area contributed by atoms with Crippen LogP contribution < -0.4 is 0 Å². The number of rotatable bonds is 0. The number of hydrogen-bond donors (Lipinski definition) is 0. The summed E-state index contributed by atoms with van der Waals surface area (Å²) in [6.45, 7) is 2.20. The summed E-state index contributed by atoms with van der Waals surface area (Å²) in [6.07, 6.45) is 4.81. The van der Waals surface area contributed by atoms with Gasteiger partial charge < -0.3 is 9.64 Å². The van der Waals surface area contributed by atoms with E-state index in [4.69, 9.17) is 4.74 Å². The van der Waals surface area contributed by atoms with Gasteiger partial charge in [-0.25, -0.2) is 0 Å². The van der Waals surface area contributed by atoms with E-state index in [2.05, 4.69) is 11.9 Å². The van der Waals surface area contributed by atoms with Crippen LogP contribution >= 0.6 is 0 Å². The molecular weight excluding hydrogens is 166 g/mol. The number of hydrogen-bond acceptors (Lipinski definition) is 3. The van der Waals surface area contributed by atoms with Gasteiger partial charge in [-0.1, -0.05) is 0 Å². The maximum Gasteiger partial charge on any atom is 0.306 e. The van der Waals surface area contributed by atoms with Crippen molar-refractivity contribution in [3.8, 4) is 0 Å². The molecule has 3 heteroatoms. The fourth-order valence-electron chi connectivity index (χ4n) is 2.33. The summed E-state index contributed by atoms with van der Waals surface area (Å²) >= 11 is 0. The lowest BCUT2D eigenvalue weighted by Gasteiger charge is -2.25. The van der Waals surface area contributed by atoms with Gasteiger partial charge in [0.1, 0.15) is 5.60 Å². The van der Waals surface area contributed by atoms with Gasteiger partial charge in [0, 0.05) is 13.0 Å². The van der Waals surface area contributed by atoms with Crippen LogP contribution in [-0.4, -0.2) is 36.6 Å². The number of ether oxygens (including phenoxy) is 1. The van der Waals surface area contributed by atoms with Gasteiger partial charge in [0.05, 0.1) is 0 Å². The van der Waals surface area contributed by atoms with Crippen LogP contribution in [0, 0.1) is 0 Å². The molecule has 2 fully saturated rings. The van der Waals surface area contributed by atoms with Crippen molar-refractivity contribution in [1.82, 2.24) is 4.90 Å². The van der Waals surface area contributed by atoms with Crippen molar-refractivity contribution >= 4 is 5.97 Å². The van der Waals surface area contributed by atoms with E-state index in [-0.39, 0.29) is 11.6 Å². The molecule has 0 aliphatic carbocycles. The predicted molar refractivity (Wildman–Crippen MR) is 49.4 cm³/mol. The number of nitrogens with zero attached hydrogens (tertiary/aromatic N) is 1. The van der Waals surface area contributed by atoms with Gasteiger partial charge in [0.25, 0.3) is 0 Å². The Bertz CT molecular complexity index is 217. The zero-order valence-electron chi connectivity index (χ0n) is 8.21. The normalized spacial score (nSPS) is 36.2. The maximum absolute atomic E-state index is 11.1. The van der Waals surface area contributed by atoms with Gasteiger partial charge in [0.2, 0.25) is 0 Å². The Morgan fingerprint density at radius 3 is 2.85 bits per heavy atom. The third kappa shape index (κ3) is 1.85. The average Bonchev–Trinajstić information content (AvgIpc) is 2.35. The van der Waals surface area contributed by atoms with Crippen molar-refractivity contribution in [2.24, 2.45) is 0 Å². The quantitative estimate of drug-likeness (QED) is 0.528. The molecule has 2 aliphatic heterocycles.